The second-order valence-electron chi connectivity index (χ2n) is 5.01. The third kappa shape index (κ3) is 3.96. The van der Waals surface area contributed by atoms with Crippen molar-refractivity contribution in [2.45, 2.75) is 33.0 Å². The molecule has 21 heavy (non-hydrogen) atoms. The Hall–Kier alpha value is -2.05. The maximum absolute atomic E-state index is 13.0. The molecule has 1 radical (unpaired) electrons. The fourth-order valence-electron chi connectivity index (χ4n) is 1.99. The van der Waals surface area contributed by atoms with Crippen molar-refractivity contribution in [3.63, 3.8) is 0 Å². The number of benzene rings is 1. The van der Waals surface area contributed by atoms with Crippen molar-refractivity contribution in [3.05, 3.63) is 29.3 Å². The maximum atomic E-state index is 13.0. The predicted octanol–water partition coefficient (Wildman–Crippen LogP) is 3.15. The number of amides is 1. The van der Waals surface area contributed by atoms with E-state index in [0.717, 1.165) is 19.1 Å². The zero-order chi connectivity index (χ0) is 16.4. The summed E-state index contributed by atoms with van der Waals surface area (Å²) in [4.78, 5) is 22.8. The van der Waals surface area contributed by atoms with Gasteiger partial charge in [-0.15, -0.1) is 0 Å². The SMILES string of the molecule is CC(=O)c1c(NC(C([NH])=O)C(C)C)cccc1C(F)(F)F. The Balaban J connectivity index is 3.37. The first-order valence-corrected chi connectivity index (χ1v) is 6.28. The van der Waals surface area contributed by atoms with Gasteiger partial charge >= 0.3 is 6.18 Å². The maximum Gasteiger partial charge on any atom is 0.417 e. The number of carbonyl (C=O) groups excluding carboxylic acids is 2. The van der Waals surface area contributed by atoms with E-state index in [1.54, 1.807) is 13.8 Å². The van der Waals surface area contributed by atoms with Crippen LogP contribution in [0.2, 0.25) is 0 Å². The number of nitrogens with one attached hydrogen (secondary N) is 2. The summed E-state index contributed by atoms with van der Waals surface area (Å²) in [5.41, 5.74) is 5.50. The van der Waals surface area contributed by atoms with E-state index in [1.165, 1.54) is 6.07 Å². The molecule has 1 aromatic rings. The molecule has 1 aromatic carbocycles. The summed E-state index contributed by atoms with van der Waals surface area (Å²) in [6, 6.07) is 2.29. The van der Waals surface area contributed by atoms with Crippen LogP contribution in [0, 0.1) is 5.92 Å². The normalized spacial score (nSPS) is 13.1. The molecule has 0 saturated heterocycles. The molecule has 0 aliphatic carbocycles. The third-order valence-corrected chi connectivity index (χ3v) is 2.98. The number of rotatable bonds is 5. The number of hydrogen-bond donors (Lipinski definition) is 1. The quantitative estimate of drug-likeness (QED) is 0.849. The molecule has 0 heterocycles. The van der Waals surface area contributed by atoms with Crippen LogP contribution in [-0.4, -0.2) is 17.7 Å². The van der Waals surface area contributed by atoms with Gasteiger partial charge in [0, 0.05) is 5.69 Å². The lowest BCUT2D eigenvalue weighted by molar-refractivity contribution is -0.137. The van der Waals surface area contributed by atoms with Crippen molar-refractivity contribution in [2.24, 2.45) is 5.92 Å². The molecule has 7 heteroatoms. The number of hydrogen-bond acceptors (Lipinski definition) is 3. The zero-order valence-corrected chi connectivity index (χ0v) is 11.8. The summed E-state index contributed by atoms with van der Waals surface area (Å²) in [7, 11) is 0. The second-order valence-corrected chi connectivity index (χ2v) is 5.01. The fourth-order valence-corrected chi connectivity index (χ4v) is 1.99. The van der Waals surface area contributed by atoms with Gasteiger partial charge in [0.15, 0.2) is 5.78 Å². The van der Waals surface area contributed by atoms with Crippen LogP contribution in [0.25, 0.3) is 0 Å². The lowest BCUT2D eigenvalue weighted by Crippen LogP contribution is -2.36. The number of Topliss-reactive ketones (excluding diaryl/α,β-unsaturated/α-hetero) is 1. The summed E-state index contributed by atoms with van der Waals surface area (Å²) in [5, 5.41) is 2.58. The van der Waals surface area contributed by atoms with E-state index in [2.05, 4.69) is 5.32 Å². The van der Waals surface area contributed by atoms with E-state index in [4.69, 9.17) is 5.73 Å². The molecule has 2 N–H and O–H groups in total. The molecule has 115 valence electrons. The summed E-state index contributed by atoms with van der Waals surface area (Å²) in [6.45, 7) is 4.35. The Bertz CT molecular complexity index is 554. The largest absolute Gasteiger partial charge is 0.417 e. The summed E-state index contributed by atoms with van der Waals surface area (Å²) >= 11 is 0. The van der Waals surface area contributed by atoms with Crippen molar-refractivity contribution in [1.29, 1.82) is 0 Å². The van der Waals surface area contributed by atoms with Crippen LogP contribution >= 0.6 is 0 Å². The molecule has 0 spiro atoms. The predicted molar refractivity (Wildman–Crippen MR) is 71.8 cm³/mol. The highest BCUT2D eigenvalue weighted by Gasteiger charge is 2.36. The van der Waals surface area contributed by atoms with Crippen molar-refractivity contribution >= 4 is 17.4 Å². The standard InChI is InChI=1S/C14H16F3N2O2/c1-7(2)12(13(18)21)19-10-6-4-5-9(14(15,16)17)11(10)8(3)20/h4-7,12,18-19H,1-3H3. The minimum absolute atomic E-state index is 0.0865. The molecule has 1 amide bonds. The molecular weight excluding hydrogens is 285 g/mol. The summed E-state index contributed by atoms with van der Waals surface area (Å²) in [6.07, 6.45) is -4.67. The first-order chi connectivity index (χ1) is 9.55. The Morgan fingerprint density at radius 2 is 1.81 bits per heavy atom. The minimum atomic E-state index is -4.67. The Morgan fingerprint density at radius 3 is 2.19 bits per heavy atom. The van der Waals surface area contributed by atoms with E-state index < -0.39 is 35.0 Å². The van der Waals surface area contributed by atoms with Gasteiger partial charge in [-0.3, -0.25) is 15.3 Å². The zero-order valence-electron chi connectivity index (χ0n) is 11.8. The fraction of sp³-hybridized carbons (Fsp3) is 0.429. The second kappa shape index (κ2) is 6.15. The molecular formula is C14H16F3N2O2. The average Bonchev–Trinajstić information content (AvgIpc) is 2.33. The molecule has 0 aliphatic heterocycles. The van der Waals surface area contributed by atoms with Crippen LogP contribution in [0.15, 0.2) is 18.2 Å². The molecule has 0 fully saturated rings. The molecule has 0 aromatic heterocycles. The smallest absolute Gasteiger partial charge is 0.373 e. The van der Waals surface area contributed by atoms with E-state index >= 15 is 0 Å². The molecule has 0 saturated carbocycles. The van der Waals surface area contributed by atoms with Crippen molar-refractivity contribution in [1.82, 2.24) is 5.73 Å². The van der Waals surface area contributed by atoms with Gasteiger partial charge in [0.05, 0.1) is 11.1 Å². The monoisotopic (exact) mass is 301 g/mol. The first-order valence-electron chi connectivity index (χ1n) is 6.28. The Kier molecular flexibility index (Phi) is 4.98. The highest BCUT2D eigenvalue weighted by molar-refractivity contribution is 6.01. The van der Waals surface area contributed by atoms with Gasteiger partial charge in [0.25, 0.3) is 5.91 Å². The van der Waals surface area contributed by atoms with E-state index in [0.29, 0.717) is 0 Å². The highest BCUT2D eigenvalue weighted by Crippen LogP contribution is 2.35. The Labute approximate surface area is 120 Å². The first kappa shape index (κ1) is 17.0. The number of carbonyl (C=O) groups is 2. The van der Waals surface area contributed by atoms with E-state index in [1.807, 2.05) is 0 Å². The lowest BCUT2D eigenvalue weighted by atomic mass is 9.98. The molecule has 4 nitrogen and oxygen atoms in total. The number of anilines is 1. The van der Waals surface area contributed by atoms with Gasteiger partial charge in [-0.05, 0) is 25.0 Å². The topological polar surface area (TPSA) is 70.0 Å². The number of ketones is 1. The van der Waals surface area contributed by atoms with Gasteiger partial charge < -0.3 is 5.32 Å². The number of alkyl halides is 3. The molecule has 0 aliphatic rings. The van der Waals surface area contributed by atoms with E-state index in [9.17, 15) is 22.8 Å². The summed E-state index contributed by atoms with van der Waals surface area (Å²) in [5.74, 6) is -2.01. The molecule has 1 atom stereocenters. The van der Waals surface area contributed by atoms with Crippen molar-refractivity contribution in [3.8, 4) is 0 Å². The highest BCUT2D eigenvalue weighted by atomic mass is 19.4. The third-order valence-electron chi connectivity index (χ3n) is 2.98. The van der Waals surface area contributed by atoms with Gasteiger partial charge in [-0.25, -0.2) is 0 Å². The van der Waals surface area contributed by atoms with E-state index in [-0.39, 0.29) is 11.6 Å². The van der Waals surface area contributed by atoms with Crippen LogP contribution in [0.3, 0.4) is 0 Å². The van der Waals surface area contributed by atoms with Crippen molar-refractivity contribution in [2.75, 3.05) is 5.32 Å². The Morgan fingerprint density at radius 1 is 1.24 bits per heavy atom. The van der Waals surface area contributed by atoms with Gasteiger partial charge in [-0.2, -0.15) is 13.2 Å². The van der Waals surface area contributed by atoms with Crippen LogP contribution in [0.4, 0.5) is 18.9 Å². The van der Waals surface area contributed by atoms with Crippen LogP contribution in [-0.2, 0) is 11.0 Å². The van der Waals surface area contributed by atoms with Gasteiger partial charge in [-0.1, -0.05) is 19.9 Å². The van der Waals surface area contributed by atoms with Gasteiger partial charge in [0.1, 0.15) is 6.04 Å². The summed E-state index contributed by atoms with van der Waals surface area (Å²) < 4.78 is 38.9. The van der Waals surface area contributed by atoms with Gasteiger partial charge in [0.2, 0.25) is 0 Å². The lowest BCUT2D eigenvalue weighted by Gasteiger charge is -2.22. The molecule has 1 unspecified atom stereocenters. The van der Waals surface area contributed by atoms with Crippen LogP contribution in [0.1, 0.15) is 36.7 Å². The minimum Gasteiger partial charge on any atom is -0.373 e. The average molecular weight is 301 g/mol. The molecule has 1 rings (SSSR count). The number of halogens is 3. The molecule has 0 bridgehead atoms. The van der Waals surface area contributed by atoms with Crippen LogP contribution in [0.5, 0.6) is 0 Å². The van der Waals surface area contributed by atoms with Crippen LogP contribution < -0.4 is 11.1 Å². The van der Waals surface area contributed by atoms with Crippen molar-refractivity contribution < 1.29 is 22.8 Å².